The number of hydrogen-bond donors (Lipinski definition) is 2. The maximum atomic E-state index is 13.8. The van der Waals surface area contributed by atoms with Crippen molar-refractivity contribution in [3.63, 3.8) is 0 Å². The molecule has 35 heavy (non-hydrogen) atoms. The van der Waals surface area contributed by atoms with Gasteiger partial charge in [-0.3, -0.25) is 4.57 Å². The Bertz CT molecular complexity index is 1340. The number of halogens is 4. The zero-order chi connectivity index (χ0) is 24.7. The summed E-state index contributed by atoms with van der Waals surface area (Å²) < 4.78 is 63.1. The molecule has 0 aliphatic carbocycles. The molecule has 2 aromatic heterocycles. The van der Waals surface area contributed by atoms with Crippen LogP contribution in [0.2, 0.25) is 0 Å². The van der Waals surface area contributed by atoms with Crippen LogP contribution in [0.25, 0.3) is 16.9 Å². The van der Waals surface area contributed by atoms with Crippen LogP contribution < -0.4 is 0 Å². The van der Waals surface area contributed by atoms with E-state index in [-0.39, 0.29) is 17.7 Å². The van der Waals surface area contributed by atoms with E-state index in [1.165, 1.54) is 40.0 Å². The summed E-state index contributed by atoms with van der Waals surface area (Å²) in [7, 11) is 0. The first-order valence-electron chi connectivity index (χ1n) is 10.5. The van der Waals surface area contributed by atoms with E-state index in [9.17, 15) is 27.8 Å². The van der Waals surface area contributed by atoms with Gasteiger partial charge in [-0.05, 0) is 30.3 Å². The minimum Gasteiger partial charge on any atom is -0.394 e. The predicted octanol–water partition coefficient (Wildman–Crippen LogP) is 2.51. The fraction of sp³-hybridized carbons (Fsp3) is 0.273. The van der Waals surface area contributed by atoms with Crippen molar-refractivity contribution in [2.75, 3.05) is 6.61 Å². The third kappa shape index (κ3) is 4.29. The Kier molecular flexibility index (Phi) is 6.05. The molecule has 1 fully saturated rings. The van der Waals surface area contributed by atoms with Gasteiger partial charge < -0.3 is 14.9 Å². The molecule has 4 unspecified atom stereocenters. The monoisotopic (exact) mass is 490 g/mol. The van der Waals surface area contributed by atoms with Gasteiger partial charge in [-0.15, -0.1) is 15.3 Å². The molecule has 0 radical (unpaired) electrons. The lowest BCUT2D eigenvalue weighted by atomic mass is 9.95. The zero-order valence-corrected chi connectivity index (χ0v) is 17.8. The molecule has 4 atom stereocenters. The number of rotatable bonds is 5. The van der Waals surface area contributed by atoms with E-state index in [2.05, 4.69) is 20.5 Å². The van der Waals surface area contributed by atoms with Crippen LogP contribution in [-0.2, 0) is 4.74 Å². The van der Waals surface area contributed by atoms with Crippen LogP contribution in [0.1, 0.15) is 24.4 Å². The third-order valence-corrected chi connectivity index (χ3v) is 5.83. The van der Waals surface area contributed by atoms with Crippen LogP contribution in [0, 0.1) is 23.3 Å². The number of benzene rings is 2. The number of aliphatic hydroxyl groups excluding tert-OH is 2. The first kappa shape index (κ1) is 23.1. The summed E-state index contributed by atoms with van der Waals surface area (Å²) in [6.07, 6.45) is -0.232. The summed E-state index contributed by atoms with van der Waals surface area (Å²) in [5, 5.41) is 36.4. The summed E-state index contributed by atoms with van der Waals surface area (Å²) in [4.78, 5) is 0. The van der Waals surface area contributed by atoms with E-state index >= 15 is 0 Å². The van der Waals surface area contributed by atoms with Gasteiger partial charge in [0.05, 0.1) is 24.5 Å². The van der Waals surface area contributed by atoms with Gasteiger partial charge in [-0.1, -0.05) is 11.3 Å². The quantitative estimate of drug-likeness (QED) is 0.327. The van der Waals surface area contributed by atoms with Crippen molar-refractivity contribution < 1.29 is 32.5 Å². The van der Waals surface area contributed by atoms with Gasteiger partial charge in [0.2, 0.25) is 0 Å². The number of nitrogens with zero attached hydrogens (tertiary/aromatic N) is 6. The molecule has 0 bridgehead atoms. The van der Waals surface area contributed by atoms with Gasteiger partial charge in [0.1, 0.15) is 36.2 Å². The molecule has 0 spiro atoms. The molecule has 1 aliphatic heterocycles. The van der Waals surface area contributed by atoms with Crippen molar-refractivity contribution in [2.24, 2.45) is 0 Å². The second-order valence-corrected chi connectivity index (χ2v) is 8.02. The predicted molar refractivity (Wildman–Crippen MR) is 111 cm³/mol. The molecule has 0 amide bonds. The van der Waals surface area contributed by atoms with Crippen LogP contribution in [0.4, 0.5) is 17.6 Å². The molecule has 182 valence electrons. The molecule has 2 aromatic carbocycles. The Morgan fingerprint density at radius 1 is 1.06 bits per heavy atom. The van der Waals surface area contributed by atoms with Crippen LogP contribution >= 0.6 is 0 Å². The second-order valence-electron chi connectivity index (χ2n) is 8.02. The molecule has 2 N–H and O–H groups in total. The van der Waals surface area contributed by atoms with Gasteiger partial charge in [0, 0.05) is 12.0 Å². The van der Waals surface area contributed by atoms with Crippen LogP contribution in [0.3, 0.4) is 0 Å². The minimum atomic E-state index is -1.60. The Morgan fingerprint density at radius 2 is 1.83 bits per heavy atom. The van der Waals surface area contributed by atoms with E-state index < -0.39 is 54.2 Å². The lowest BCUT2D eigenvalue weighted by Crippen LogP contribution is -2.45. The van der Waals surface area contributed by atoms with Crippen molar-refractivity contribution in [2.45, 2.75) is 30.8 Å². The van der Waals surface area contributed by atoms with Crippen LogP contribution in [-0.4, -0.2) is 58.8 Å². The largest absolute Gasteiger partial charge is 0.394 e. The van der Waals surface area contributed by atoms with Gasteiger partial charge in [0.15, 0.2) is 23.3 Å². The highest BCUT2D eigenvalue weighted by Gasteiger charge is 2.41. The third-order valence-electron chi connectivity index (χ3n) is 5.83. The standard InChI is InChI=1S/C22H18F4N6O3/c23-12-2-1-3-13(6-12)31-10-27-29-22(31)18-7-17(21(34)19(9-33)35-18)32-8-16(28-30-32)11-4-14(24)20(26)15(25)5-11/h1-6,8,10,17-19,21,33-34H,7,9H2. The van der Waals surface area contributed by atoms with Crippen molar-refractivity contribution in [3.8, 4) is 16.9 Å². The van der Waals surface area contributed by atoms with Crippen molar-refractivity contribution >= 4 is 0 Å². The molecule has 9 nitrogen and oxygen atoms in total. The number of aliphatic hydroxyl groups is 2. The highest BCUT2D eigenvalue weighted by atomic mass is 19.2. The molecule has 0 saturated carbocycles. The van der Waals surface area contributed by atoms with Gasteiger partial charge in [0.25, 0.3) is 0 Å². The molecule has 3 heterocycles. The smallest absolute Gasteiger partial charge is 0.194 e. The molecular formula is C22H18F4N6O3. The maximum absolute atomic E-state index is 13.8. The van der Waals surface area contributed by atoms with E-state index in [1.54, 1.807) is 6.07 Å². The maximum Gasteiger partial charge on any atom is 0.194 e. The summed E-state index contributed by atoms with van der Waals surface area (Å²) in [6, 6.07) is 6.54. The Labute approximate surface area is 195 Å². The second kappa shape index (κ2) is 9.17. The van der Waals surface area contributed by atoms with Crippen molar-refractivity contribution in [1.29, 1.82) is 0 Å². The van der Waals surface area contributed by atoms with Crippen LogP contribution in [0.15, 0.2) is 48.9 Å². The van der Waals surface area contributed by atoms with E-state index in [4.69, 9.17) is 4.74 Å². The molecule has 4 aromatic rings. The highest BCUT2D eigenvalue weighted by molar-refractivity contribution is 5.57. The van der Waals surface area contributed by atoms with Gasteiger partial charge in [-0.2, -0.15) is 0 Å². The van der Waals surface area contributed by atoms with Crippen LogP contribution in [0.5, 0.6) is 0 Å². The number of hydrogen-bond acceptors (Lipinski definition) is 7. The first-order chi connectivity index (χ1) is 16.9. The zero-order valence-electron chi connectivity index (χ0n) is 17.8. The number of aromatic nitrogens is 6. The summed E-state index contributed by atoms with van der Waals surface area (Å²) >= 11 is 0. The number of ether oxygens (including phenoxy) is 1. The molecule has 13 heteroatoms. The highest BCUT2D eigenvalue weighted by Crippen LogP contribution is 2.38. The Balaban J connectivity index is 1.47. The lowest BCUT2D eigenvalue weighted by molar-refractivity contribution is -0.161. The SMILES string of the molecule is OCC1OC(c2nncn2-c2cccc(F)c2)CC(n2cc(-c3cc(F)c(F)c(F)c3)nn2)C1O. The van der Waals surface area contributed by atoms with Crippen molar-refractivity contribution in [1.82, 2.24) is 29.8 Å². The topological polar surface area (TPSA) is 111 Å². The summed E-state index contributed by atoms with van der Waals surface area (Å²) in [5.74, 6) is -4.52. The van der Waals surface area contributed by atoms with Gasteiger partial charge >= 0.3 is 0 Å². The fourth-order valence-corrected chi connectivity index (χ4v) is 4.10. The average Bonchev–Trinajstić information content (AvgIpc) is 3.53. The molecule has 5 rings (SSSR count). The minimum absolute atomic E-state index is 0.0431. The summed E-state index contributed by atoms with van der Waals surface area (Å²) in [5.41, 5.74) is 0.442. The van der Waals surface area contributed by atoms with Crippen molar-refractivity contribution in [3.05, 3.63) is 78.0 Å². The van der Waals surface area contributed by atoms with E-state index in [1.807, 2.05) is 0 Å². The fourth-order valence-electron chi connectivity index (χ4n) is 4.10. The molecule has 1 aliphatic rings. The lowest BCUT2D eigenvalue weighted by Gasteiger charge is -2.38. The van der Waals surface area contributed by atoms with E-state index in [0.717, 1.165) is 12.1 Å². The normalized spacial score (nSPS) is 22.5. The Hall–Kier alpha value is -3.68. The first-order valence-corrected chi connectivity index (χ1v) is 10.5. The van der Waals surface area contributed by atoms with Gasteiger partial charge in [-0.25, -0.2) is 22.2 Å². The Morgan fingerprint density at radius 3 is 2.54 bits per heavy atom. The van der Waals surface area contributed by atoms with E-state index in [0.29, 0.717) is 11.5 Å². The average molecular weight is 490 g/mol. The summed E-state index contributed by atoms with van der Waals surface area (Å²) in [6.45, 7) is -0.530. The molecular weight excluding hydrogens is 472 g/mol. The molecule has 1 saturated heterocycles.